The lowest BCUT2D eigenvalue weighted by atomic mass is 10.1. The Labute approximate surface area is 113 Å². The molecule has 1 atom stereocenters. The highest BCUT2D eigenvalue weighted by Gasteiger charge is 2.25. The lowest BCUT2D eigenvalue weighted by Crippen LogP contribution is -2.44. The highest BCUT2D eigenvalue weighted by atomic mass is 16.5. The quantitative estimate of drug-likeness (QED) is 0.837. The summed E-state index contributed by atoms with van der Waals surface area (Å²) in [6.07, 6.45) is 0.679. The van der Waals surface area contributed by atoms with E-state index in [1.54, 1.807) is 37.3 Å². The summed E-state index contributed by atoms with van der Waals surface area (Å²) < 4.78 is 15.9. The van der Waals surface area contributed by atoms with E-state index in [-0.39, 0.29) is 12.1 Å². The van der Waals surface area contributed by atoms with Gasteiger partial charge in [0.25, 0.3) is 5.91 Å². The van der Waals surface area contributed by atoms with Gasteiger partial charge in [-0.15, -0.1) is 0 Å². The molecule has 1 aliphatic heterocycles. The van der Waals surface area contributed by atoms with Crippen molar-refractivity contribution in [1.29, 1.82) is 0 Å². The highest BCUT2D eigenvalue weighted by molar-refractivity contribution is 5.95. The van der Waals surface area contributed by atoms with Crippen molar-refractivity contribution in [2.45, 2.75) is 19.6 Å². The second kappa shape index (κ2) is 5.93. The van der Waals surface area contributed by atoms with Gasteiger partial charge in [0.05, 0.1) is 20.8 Å². The number of carbonyl (C=O) groups excluding carboxylic acids is 1. The van der Waals surface area contributed by atoms with E-state index in [2.05, 4.69) is 0 Å². The van der Waals surface area contributed by atoms with E-state index in [1.165, 1.54) is 0 Å². The van der Waals surface area contributed by atoms with E-state index in [1.807, 2.05) is 6.92 Å². The Morgan fingerprint density at radius 3 is 2.68 bits per heavy atom. The first-order chi connectivity index (χ1) is 9.17. The topological polar surface area (TPSA) is 48.0 Å². The maximum Gasteiger partial charge on any atom is 0.256 e. The van der Waals surface area contributed by atoms with Gasteiger partial charge in [-0.2, -0.15) is 0 Å². The second-order valence-corrected chi connectivity index (χ2v) is 4.39. The standard InChI is InChI=1S/C14H19NO4/c1-10-15(7-4-8-19-10)14(16)11-5-6-12(17-2)13(9-11)18-3/h5-6,9-10H,4,7-8H2,1-3H3. The molecule has 0 radical (unpaired) electrons. The summed E-state index contributed by atoms with van der Waals surface area (Å²) in [6, 6.07) is 5.18. The molecule has 5 heteroatoms. The first kappa shape index (κ1) is 13.7. The zero-order valence-electron chi connectivity index (χ0n) is 11.5. The largest absolute Gasteiger partial charge is 0.493 e. The molecule has 1 unspecified atom stereocenters. The summed E-state index contributed by atoms with van der Waals surface area (Å²) in [6.45, 7) is 3.31. The number of amides is 1. The molecule has 2 rings (SSSR count). The Kier molecular flexibility index (Phi) is 4.27. The third kappa shape index (κ3) is 2.81. The van der Waals surface area contributed by atoms with Crippen molar-refractivity contribution in [3.63, 3.8) is 0 Å². The molecule has 0 saturated carbocycles. The number of nitrogens with zero attached hydrogens (tertiary/aromatic N) is 1. The van der Waals surface area contributed by atoms with Gasteiger partial charge >= 0.3 is 0 Å². The van der Waals surface area contributed by atoms with Gasteiger partial charge in [-0.25, -0.2) is 0 Å². The van der Waals surface area contributed by atoms with Crippen LogP contribution in [0.25, 0.3) is 0 Å². The summed E-state index contributed by atoms with van der Waals surface area (Å²) in [7, 11) is 3.12. The van der Waals surface area contributed by atoms with Crippen LogP contribution in [0.2, 0.25) is 0 Å². The summed E-state index contributed by atoms with van der Waals surface area (Å²) >= 11 is 0. The van der Waals surface area contributed by atoms with Gasteiger partial charge in [0, 0.05) is 12.1 Å². The smallest absolute Gasteiger partial charge is 0.256 e. The molecule has 1 amide bonds. The molecule has 1 fully saturated rings. The number of rotatable bonds is 3. The average molecular weight is 265 g/mol. The monoisotopic (exact) mass is 265 g/mol. The molecule has 1 saturated heterocycles. The lowest BCUT2D eigenvalue weighted by Gasteiger charge is -2.33. The second-order valence-electron chi connectivity index (χ2n) is 4.39. The van der Waals surface area contributed by atoms with Crippen LogP contribution in [-0.2, 0) is 4.74 Å². The van der Waals surface area contributed by atoms with Crippen LogP contribution in [0, 0.1) is 0 Å². The predicted molar refractivity (Wildman–Crippen MR) is 70.6 cm³/mol. The van der Waals surface area contributed by atoms with Gasteiger partial charge in [-0.3, -0.25) is 4.79 Å². The Morgan fingerprint density at radius 2 is 2.05 bits per heavy atom. The first-order valence-electron chi connectivity index (χ1n) is 6.32. The molecular formula is C14H19NO4. The maximum absolute atomic E-state index is 12.4. The van der Waals surface area contributed by atoms with E-state index >= 15 is 0 Å². The van der Waals surface area contributed by atoms with Crippen molar-refractivity contribution in [3.05, 3.63) is 23.8 Å². The first-order valence-corrected chi connectivity index (χ1v) is 6.32. The molecule has 19 heavy (non-hydrogen) atoms. The third-order valence-corrected chi connectivity index (χ3v) is 3.23. The minimum atomic E-state index is -0.186. The van der Waals surface area contributed by atoms with Crippen LogP contribution >= 0.6 is 0 Å². The van der Waals surface area contributed by atoms with E-state index in [9.17, 15) is 4.79 Å². The van der Waals surface area contributed by atoms with Crippen molar-refractivity contribution in [2.24, 2.45) is 0 Å². The molecule has 1 aliphatic rings. The SMILES string of the molecule is COc1ccc(C(=O)N2CCCOC2C)cc1OC. The van der Waals surface area contributed by atoms with E-state index in [0.717, 1.165) is 6.42 Å². The molecule has 0 bridgehead atoms. The third-order valence-electron chi connectivity index (χ3n) is 3.23. The summed E-state index contributed by atoms with van der Waals surface area (Å²) in [4.78, 5) is 14.2. The van der Waals surface area contributed by atoms with Crippen molar-refractivity contribution < 1.29 is 19.0 Å². The fourth-order valence-corrected chi connectivity index (χ4v) is 2.16. The Hall–Kier alpha value is -1.75. The van der Waals surface area contributed by atoms with Gasteiger partial charge in [0.15, 0.2) is 11.5 Å². The van der Waals surface area contributed by atoms with Crippen molar-refractivity contribution in [2.75, 3.05) is 27.4 Å². The Balaban J connectivity index is 2.23. The number of benzene rings is 1. The molecule has 104 valence electrons. The van der Waals surface area contributed by atoms with Crippen LogP contribution in [0.5, 0.6) is 11.5 Å². The lowest BCUT2D eigenvalue weighted by molar-refractivity contribution is -0.0661. The summed E-state index contributed by atoms with van der Waals surface area (Å²) in [5.74, 6) is 1.12. The minimum Gasteiger partial charge on any atom is -0.493 e. The molecule has 0 N–H and O–H groups in total. The van der Waals surface area contributed by atoms with Crippen LogP contribution < -0.4 is 9.47 Å². The average Bonchev–Trinajstić information content (AvgIpc) is 2.46. The normalized spacial score (nSPS) is 19.1. The van der Waals surface area contributed by atoms with Crippen LogP contribution in [0.1, 0.15) is 23.7 Å². The van der Waals surface area contributed by atoms with E-state index in [4.69, 9.17) is 14.2 Å². The fourth-order valence-electron chi connectivity index (χ4n) is 2.16. The summed E-state index contributed by atoms with van der Waals surface area (Å²) in [5.41, 5.74) is 0.579. The molecule has 1 aromatic carbocycles. The molecule has 1 aromatic rings. The number of hydrogen-bond donors (Lipinski definition) is 0. The summed E-state index contributed by atoms with van der Waals surface area (Å²) in [5, 5.41) is 0. The van der Waals surface area contributed by atoms with E-state index < -0.39 is 0 Å². The molecular weight excluding hydrogens is 246 g/mol. The molecule has 1 heterocycles. The van der Waals surface area contributed by atoms with Gasteiger partial charge < -0.3 is 19.1 Å². The number of methoxy groups -OCH3 is 2. The van der Waals surface area contributed by atoms with Gasteiger partial charge in [0.2, 0.25) is 0 Å². The van der Waals surface area contributed by atoms with Crippen molar-refractivity contribution >= 4 is 5.91 Å². The number of ether oxygens (including phenoxy) is 3. The van der Waals surface area contributed by atoms with Crippen LogP contribution in [-0.4, -0.2) is 44.4 Å². The van der Waals surface area contributed by atoms with E-state index in [0.29, 0.717) is 30.2 Å². The van der Waals surface area contributed by atoms with Crippen molar-refractivity contribution in [3.8, 4) is 11.5 Å². The molecule has 0 aromatic heterocycles. The van der Waals surface area contributed by atoms with Crippen molar-refractivity contribution in [1.82, 2.24) is 4.90 Å². The number of hydrogen-bond acceptors (Lipinski definition) is 4. The molecule has 0 spiro atoms. The Bertz CT molecular complexity index is 461. The highest BCUT2D eigenvalue weighted by Crippen LogP contribution is 2.28. The van der Waals surface area contributed by atoms with Crippen LogP contribution in [0.15, 0.2) is 18.2 Å². The number of carbonyl (C=O) groups is 1. The zero-order chi connectivity index (χ0) is 13.8. The zero-order valence-corrected chi connectivity index (χ0v) is 11.5. The Morgan fingerprint density at radius 1 is 1.32 bits per heavy atom. The molecule has 0 aliphatic carbocycles. The van der Waals surface area contributed by atoms with Crippen LogP contribution in [0.3, 0.4) is 0 Å². The molecule has 5 nitrogen and oxygen atoms in total. The predicted octanol–water partition coefficient (Wildman–Crippen LogP) is 1.91. The van der Waals surface area contributed by atoms with Crippen LogP contribution in [0.4, 0.5) is 0 Å². The van der Waals surface area contributed by atoms with Gasteiger partial charge in [-0.1, -0.05) is 0 Å². The van der Waals surface area contributed by atoms with Gasteiger partial charge in [-0.05, 0) is 31.5 Å². The maximum atomic E-state index is 12.4. The fraction of sp³-hybridized carbons (Fsp3) is 0.500. The van der Waals surface area contributed by atoms with Gasteiger partial charge in [0.1, 0.15) is 6.23 Å². The minimum absolute atomic E-state index is 0.0480.